The second-order valence-electron chi connectivity index (χ2n) is 6.09. The van der Waals surface area contributed by atoms with Crippen molar-refractivity contribution in [1.29, 1.82) is 5.26 Å². The van der Waals surface area contributed by atoms with Crippen molar-refractivity contribution in [3.63, 3.8) is 0 Å². The van der Waals surface area contributed by atoms with Crippen LogP contribution in [0.3, 0.4) is 0 Å². The predicted octanol–water partition coefficient (Wildman–Crippen LogP) is 3.39. The molecule has 3 rings (SSSR count). The lowest BCUT2D eigenvalue weighted by Gasteiger charge is -2.16. The third kappa shape index (κ3) is 3.05. The van der Waals surface area contributed by atoms with Crippen molar-refractivity contribution in [1.82, 2.24) is 4.31 Å². The molecule has 1 atom stereocenters. The highest BCUT2D eigenvalue weighted by molar-refractivity contribution is 7.89. The van der Waals surface area contributed by atoms with Gasteiger partial charge in [0.05, 0.1) is 16.5 Å². The van der Waals surface area contributed by atoms with Gasteiger partial charge in [0.15, 0.2) is 0 Å². The van der Waals surface area contributed by atoms with E-state index in [9.17, 15) is 12.8 Å². The SMILES string of the molecule is CC1CCN(S(=O)(=O)c2ccc(-c3ccc(C#N)cc3)c(F)c2)C1. The topological polar surface area (TPSA) is 61.2 Å². The summed E-state index contributed by atoms with van der Waals surface area (Å²) in [6, 6.07) is 12.5. The molecule has 6 heteroatoms. The number of nitrogens with zero attached hydrogens (tertiary/aromatic N) is 2. The van der Waals surface area contributed by atoms with Crippen molar-refractivity contribution in [2.75, 3.05) is 13.1 Å². The fourth-order valence-corrected chi connectivity index (χ4v) is 4.46. The van der Waals surface area contributed by atoms with Crippen molar-refractivity contribution in [3.05, 3.63) is 53.8 Å². The van der Waals surface area contributed by atoms with Crippen LogP contribution < -0.4 is 0 Å². The van der Waals surface area contributed by atoms with E-state index < -0.39 is 15.8 Å². The van der Waals surface area contributed by atoms with Gasteiger partial charge in [-0.1, -0.05) is 25.1 Å². The number of rotatable bonds is 3. The molecular weight excluding hydrogens is 327 g/mol. The quantitative estimate of drug-likeness (QED) is 0.857. The lowest BCUT2D eigenvalue weighted by atomic mass is 10.0. The highest BCUT2D eigenvalue weighted by atomic mass is 32.2. The van der Waals surface area contributed by atoms with Crippen LogP contribution in [-0.2, 0) is 10.0 Å². The number of nitriles is 1. The van der Waals surface area contributed by atoms with Gasteiger partial charge >= 0.3 is 0 Å². The van der Waals surface area contributed by atoms with Crippen LogP contribution in [0.2, 0.25) is 0 Å². The smallest absolute Gasteiger partial charge is 0.207 e. The zero-order valence-corrected chi connectivity index (χ0v) is 14.1. The number of sulfonamides is 1. The molecular formula is C18H17FN2O2S. The van der Waals surface area contributed by atoms with E-state index >= 15 is 0 Å². The molecule has 0 aromatic heterocycles. The summed E-state index contributed by atoms with van der Waals surface area (Å²) in [5.41, 5.74) is 1.40. The molecule has 0 saturated carbocycles. The van der Waals surface area contributed by atoms with Crippen molar-refractivity contribution in [3.8, 4) is 17.2 Å². The average molecular weight is 344 g/mol. The Morgan fingerprint density at radius 2 is 1.92 bits per heavy atom. The van der Waals surface area contributed by atoms with Gasteiger partial charge in [-0.15, -0.1) is 0 Å². The van der Waals surface area contributed by atoms with Crippen molar-refractivity contribution >= 4 is 10.0 Å². The Kier molecular flexibility index (Phi) is 4.39. The van der Waals surface area contributed by atoms with Gasteiger partial charge in [-0.3, -0.25) is 0 Å². The maximum Gasteiger partial charge on any atom is 0.243 e. The fourth-order valence-electron chi connectivity index (χ4n) is 2.88. The first kappa shape index (κ1) is 16.6. The van der Waals surface area contributed by atoms with Crippen LogP contribution in [0.15, 0.2) is 47.4 Å². The van der Waals surface area contributed by atoms with E-state index in [0.29, 0.717) is 35.7 Å². The van der Waals surface area contributed by atoms with Crippen molar-refractivity contribution in [2.45, 2.75) is 18.2 Å². The van der Waals surface area contributed by atoms with E-state index in [2.05, 4.69) is 0 Å². The van der Waals surface area contributed by atoms with Crippen LogP contribution in [0.1, 0.15) is 18.9 Å². The highest BCUT2D eigenvalue weighted by Gasteiger charge is 2.31. The first-order valence-electron chi connectivity index (χ1n) is 7.72. The summed E-state index contributed by atoms with van der Waals surface area (Å²) in [7, 11) is -3.65. The summed E-state index contributed by atoms with van der Waals surface area (Å²) < 4.78 is 41.0. The number of hydrogen-bond acceptors (Lipinski definition) is 3. The molecule has 0 bridgehead atoms. The Balaban J connectivity index is 1.93. The van der Waals surface area contributed by atoms with E-state index in [4.69, 9.17) is 5.26 Å². The van der Waals surface area contributed by atoms with Gasteiger partial charge in [-0.2, -0.15) is 9.57 Å². The highest BCUT2D eigenvalue weighted by Crippen LogP contribution is 2.28. The Hall–Kier alpha value is -2.23. The lowest BCUT2D eigenvalue weighted by molar-refractivity contribution is 0.463. The van der Waals surface area contributed by atoms with Gasteiger partial charge in [0, 0.05) is 18.7 Å². The lowest BCUT2D eigenvalue weighted by Crippen LogP contribution is -2.28. The minimum Gasteiger partial charge on any atom is -0.207 e. The molecule has 1 aliphatic heterocycles. The fraction of sp³-hybridized carbons (Fsp3) is 0.278. The summed E-state index contributed by atoms with van der Waals surface area (Å²) in [4.78, 5) is -0.0218. The van der Waals surface area contributed by atoms with Gasteiger partial charge in [0.1, 0.15) is 5.82 Å². The number of halogens is 1. The Labute approximate surface area is 141 Å². The largest absolute Gasteiger partial charge is 0.243 e. The third-order valence-corrected chi connectivity index (χ3v) is 6.15. The molecule has 0 amide bonds. The normalized spacial score (nSPS) is 18.5. The summed E-state index contributed by atoms with van der Waals surface area (Å²) in [6.07, 6.45) is 0.824. The Morgan fingerprint density at radius 3 is 2.46 bits per heavy atom. The molecule has 1 aliphatic rings. The average Bonchev–Trinajstić information content (AvgIpc) is 3.02. The van der Waals surface area contributed by atoms with Crippen LogP contribution in [-0.4, -0.2) is 25.8 Å². The van der Waals surface area contributed by atoms with E-state index in [1.54, 1.807) is 24.3 Å². The Bertz CT molecular complexity index is 902. The monoisotopic (exact) mass is 344 g/mol. The van der Waals surface area contributed by atoms with E-state index in [1.165, 1.54) is 16.4 Å². The Morgan fingerprint density at radius 1 is 1.21 bits per heavy atom. The number of benzene rings is 2. The van der Waals surface area contributed by atoms with E-state index in [1.807, 2.05) is 13.0 Å². The van der Waals surface area contributed by atoms with Crippen molar-refractivity contribution < 1.29 is 12.8 Å². The van der Waals surface area contributed by atoms with Crippen LogP contribution >= 0.6 is 0 Å². The van der Waals surface area contributed by atoms with Gasteiger partial charge in [-0.25, -0.2) is 12.8 Å². The maximum atomic E-state index is 14.5. The molecule has 1 saturated heterocycles. The van der Waals surface area contributed by atoms with Gasteiger partial charge in [0.2, 0.25) is 10.0 Å². The predicted molar refractivity (Wildman–Crippen MR) is 89.1 cm³/mol. The molecule has 1 fully saturated rings. The molecule has 0 radical (unpaired) electrons. The van der Waals surface area contributed by atoms with E-state index in [0.717, 1.165) is 12.5 Å². The molecule has 2 aromatic carbocycles. The maximum absolute atomic E-state index is 14.5. The standard InChI is InChI=1S/C18H17FN2O2S/c1-13-8-9-21(12-13)24(22,23)16-6-7-17(18(19)10-16)15-4-2-14(11-20)3-5-15/h2-7,10,13H,8-9,12H2,1H3. The molecule has 1 unspecified atom stereocenters. The molecule has 0 spiro atoms. The van der Waals surface area contributed by atoms with Crippen LogP contribution in [0, 0.1) is 23.1 Å². The van der Waals surface area contributed by atoms with Crippen LogP contribution in [0.5, 0.6) is 0 Å². The summed E-state index contributed by atoms with van der Waals surface area (Å²) >= 11 is 0. The molecule has 24 heavy (non-hydrogen) atoms. The second-order valence-corrected chi connectivity index (χ2v) is 8.03. The zero-order chi connectivity index (χ0) is 17.3. The minimum atomic E-state index is -3.65. The molecule has 4 nitrogen and oxygen atoms in total. The van der Waals surface area contributed by atoms with E-state index in [-0.39, 0.29) is 4.90 Å². The second kappa shape index (κ2) is 6.34. The first-order chi connectivity index (χ1) is 11.4. The minimum absolute atomic E-state index is 0.0218. The molecule has 0 aliphatic carbocycles. The molecule has 0 N–H and O–H groups in total. The van der Waals surface area contributed by atoms with Crippen LogP contribution in [0.25, 0.3) is 11.1 Å². The molecule has 2 aromatic rings. The third-order valence-electron chi connectivity index (χ3n) is 4.29. The zero-order valence-electron chi connectivity index (χ0n) is 13.2. The first-order valence-corrected chi connectivity index (χ1v) is 9.16. The van der Waals surface area contributed by atoms with Crippen molar-refractivity contribution in [2.24, 2.45) is 5.92 Å². The summed E-state index contributed by atoms with van der Waals surface area (Å²) in [5.74, 6) is -0.268. The molecule has 124 valence electrons. The summed E-state index contributed by atoms with van der Waals surface area (Å²) in [6.45, 7) is 2.95. The summed E-state index contributed by atoms with van der Waals surface area (Å²) in [5, 5.41) is 8.81. The van der Waals surface area contributed by atoms with Gasteiger partial charge in [-0.05, 0) is 42.2 Å². The van der Waals surface area contributed by atoms with Gasteiger partial charge < -0.3 is 0 Å². The van der Waals surface area contributed by atoms with Crippen LogP contribution in [0.4, 0.5) is 4.39 Å². The molecule has 1 heterocycles. The van der Waals surface area contributed by atoms with Gasteiger partial charge in [0.25, 0.3) is 0 Å². The number of hydrogen-bond donors (Lipinski definition) is 0.